The number of carboxylic acids is 1. The molecule has 1 heterocycles. The highest BCUT2D eigenvalue weighted by atomic mass is 16.4. The second-order valence-corrected chi connectivity index (χ2v) is 6.17. The van der Waals surface area contributed by atoms with Crippen LogP contribution in [0.5, 0.6) is 0 Å². The first kappa shape index (κ1) is 17.7. The summed E-state index contributed by atoms with van der Waals surface area (Å²) in [6.07, 6.45) is 0. The van der Waals surface area contributed by atoms with Gasteiger partial charge in [-0.05, 0) is 24.5 Å². The smallest absolute Gasteiger partial charge is 0.326 e. The fourth-order valence-electron chi connectivity index (χ4n) is 2.57. The van der Waals surface area contributed by atoms with Gasteiger partial charge in [-0.15, -0.1) is 0 Å². The number of aromatic nitrogens is 2. The van der Waals surface area contributed by atoms with Crippen molar-refractivity contribution in [3.63, 3.8) is 0 Å². The third-order valence-electron chi connectivity index (χ3n) is 4.01. The van der Waals surface area contributed by atoms with E-state index in [-0.39, 0.29) is 24.1 Å². The number of carbonyl (C=O) groups excluding carboxylic acids is 1. The minimum Gasteiger partial charge on any atom is -0.480 e. The van der Waals surface area contributed by atoms with Crippen LogP contribution in [0.25, 0.3) is 0 Å². The molecular formula is C18H23N3O3. The summed E-state index contributed by atoms with van der Waals surface area (Å²) < 4.78 is 1.67. The monoisotopic (exact) mass is 329 g/mol. The fourth-order valence-corrected chi connectivity index (χ4v) is 2.57. The van der Waals surface area contributed by atoms with Crippen LogP contribution >= 0.6 is 0 Å². The molecule has 24 heavy (non-hydrogen) atoms. The lowest BCUT2D eigenvalue weighted by Crippen LogP contribution is -2.43. The third kappa shape index (κ3) is 3.82. The van der Waals surface area contributed by atoms with Gasteiger partial charge in [-0.1, -0.05) is 44.2 Å². The van der Waals surface area contributed by atoms with E-state index < -0.39 is 12.0 Å². The number of hydrogen-bond acceptors (Lipinski definition) is 3. The van der Waals surface area contributed by atoms with E-state index in [4.69, 9.17) is 0 Å². The van der Waals surface area contributed by atoms with Crippen molar-refractivity contribution >= 4 is 11.9 Å². The molecule has 2 aromatic rings. The zero-order valence-electron chi connectivity index (χ0n) is 14.4. The minimum atomic E-state index is -1.04. The Hall–Kier alpha value is -2.63. The zero-order valence-corrected chi connectivity index (χ0v) is 14.4. The molecule has 2 rings (SSSR count). The highest BCUT2D eigenvalue weighted by Crippen LogP contribution is 2.18. The standard InChI is InChI=1S/C18H23N3O3/c1-12(2)16-10-15(19-20(16)4)17(22)21(13(3)18(23)24)11-14-8-6-5-7-9-14/h5-10,12-13H,11H2,1-4H3,(H,23,24). The minimum absolute atomic E-state index is 0.223. The van der Waals surface area contributed by atoms with Crippen LogP contribution in [0.1, 0.15) is 48.4 Å². The molecule has 0 bridgehead atoms. The van der Waals surface area contributed by atoms with Crippen molar-refractivity contribution in [2.75, 3.05) is 0 Å². The fraction of sp³-hybridized carbons (Fsp3) is 0.389. The summed E-state index contributed by atoms with van der Waals surface area (Å²) >= 11 is 0. The summed E-state index contributed by atoms with van der Waals surface area (Å²) in [7, 11) is 1.79. The maximum atomic E-state index is 12.9. The molecule has 1 aromatic carbocycles. The first-order valence-corrected chi connectivity index (χ1v) is 7.93. The van der Waals surface area contributed by atoms with Gasteiger partial charge in [-0.2, -0.15) is 5.10 Å². The largest absolute Gasteiger partial charge is 0.480 e. The van der Waals surface area contributed by atoms with E-state index >= 15 is 0 Å². The third-order valence-corrected chi connectivity index (χ3v) is 4.01. The summed E-state index contributed by atoms with van der Waals surface area (Å²) in [4.78, 5) is 25.6. The molecule has 0 spiro atoms. The van der Waals surface area contributed by atoms with Crippen LogP contribution in [-0.2, 0) is 18.4 Å². The number of carboxylic acid groups (broad SMARTS) is 1. The molecule has 0 saturated heterocycles. The maximum Gasteiger partial charge on any atom is 0.326 e. The topological polar surface area (TPSA) is 75.4 Å². The number of amides is 1. The summed E-state index contributed by atoms with van der Waals surface area (Å²) in [5, 5.41) is 13.6. The predicted octanol–water partition coefficient (Wildman–Crippen LogP) is 2.66. The second-order valence-electron chi connectivity index (χ2n) is 6.17. The number of carbonyl (C=O) groups is 2. The van der Waals surface area contributed by atoms with E-state index in [0.717, 1.165) is 11.3 Å². The molecular weight excluding hydrogens is 306 g/mol. The molecule has 0 aliphatic carbocycles. The number of benzene rings is 1. The van der Waals surface area contributed by atoms with E-state index in [1.165, 1.54) is 11.8 Å². The van der Waals surface area contributed by atoms with Crippen molar-refractivity contribution in [1.82, 2.24) is 14.7 Å². The molecule has 1 aromatic heterocycles. The molecule has 0 aliphatic rings. The molecule has 128 valence electrons. The van der Waals surface area contributed by atoms with Gasteiger partial charge < -0.3 is 10.0 Å². The Morgan fingerprint density at radius 1 is 1.21 bits per heavy atom. The summed E-state index contributed by atoms with van der Waals surface area (Å²) in [6.45, 7) is 5.77. The molecule has 6 nitrogen and oxygen atoms in total. The average molecular weight is 329 g/mol. The van der Waals surface area contributed by atoms with Crippen LogP contribution in [0.3, 0.4) is 0 Å². The maximum absolute atomic E-state index is 12.9. The lowest BCUT2D eigenvalue weighted by Gasteiger charge is -2.25. The average Bonchev–Trinajstić information content (AvgIpc) is 2.94. The molecule has 0 fully saturated rings. The van der Waals surface area contributed by atoms with Gasteiger partial charge in [-0.25, -0.2) is 4.79 Å². The van der Waals surface area contributed by atoms with Crippen molar-refractivity contribution in [3.8, 4) is 0 Å². The van der Waals surface area contributed by atoms with Crippen molar-refractivity contribution in [1.29, 1.82) is 0 Å². The molecule has 1 atom stereocenters. The predicted molar refractivity (Wildman–Crippen MR) is 90.7 cm³/mol. The van der Waals surface area contributed by atoms with E-state index in [1.807, 2.05) is 44.2 Å². The van der Waals surface area contributed by atoms with Crippen LogP contribution in [-0.4, -0.2) is 37.7 Å². The molecule has 0 aliphatic heterocycles. The SMILES string of the molecule is CC(C)c1cc(C(=O)N(Cc2ccccc2)C(C)C(=O)O)nn1C. The van der Waals surface area contributed by atoms with Crippen LogP contribution in [0.4, 0.5) is 0 Å². The van der Waals surface area contributed by atoms with Crippen LogP contribution < -0.4 is 0 Å². The molecule has 1 N–H and O–H groups in total. The molecule has 1 unspecified atom stereocenters. The van der Waals surface area contributed by atoms with Crippen molar-refractivity contribution in [2.45, 2.75) is 39.3 Å². The van der Waals surface area contributed by atoms with Crippen molar-refractivity contribution in [3.05, 3.63) is 53.3 Å². The highest BCUT2D eigenvalue weighted by Gasteiger charge is 2.28. The highest BCUT2D eigenvalue weighted by molar-refractivity contribution is 5.95. The second kappa shape index (κ2) is 7.29. The first-order chi connectivity index (χ1) is 11.3. The van der Waals surface area contributed by atoms with E-state index in [1.54, 1.807) is 17.8 Å². The van der Waals surface area contributed by atoms with Crippen LogP contribution in [0.15, 0.2) is 36.4 Å². The van der Waals surface area contributed by atoms with Gasteiger partial charge in [0.25, 0.3) is 5.91 Å². The van der Waals surface area contributed by atoms with E-state index in [2.05, 4.69) is 5.10 Å². The van der Waals surface area contributed by atoms with Crippen LogP contribution in [0, 0.1) is 0 Å². The Balaban J connectivity index is 2.34. The molecule has 0 radical (unpaired) electrons. The molecule has 0 saturated carbocycles. The Morgan fingerprint density at radius 2 is 1.83 bits per heavy atom. The van der Waals surface area contributed by atoms with Crippen molar-refractivity contribution < 1.29 is 14.7 Å². The van der Waals surface area contributed by atoms with Gasteiger partial charge in [0.15, 0.2) is 5.69 Å². The Bertz CT molecular complexity index is 722. The summed E-state index contributed by atoms with van der Waals surface area (Å²) in [5.74, 6) is -1.20. The van der Waals surface area contributed by atoms with Gasteiger partial charge in [0.1, 0.15) is 6.04 Å². The summed E-state index contributed by atoms with van der Waals surface area (Å²) in [6, 6.07) is 10.1. The van der Waals surface area contributed by atoms with Gasteiger partial charge >= 0.3 is 5.97 Å². The van der Waals surface area contributed by atoms with Crippen LogP contribution in [0.2, 0.25) is 0 Å². The number of hydrogen-bond donors (Lipinski definition) is 1. The van der Waals surface area contributed by atoms with Gasteiger partial charge in [-0.3, -0.25) is 9.48 Å². The lowest BCUT2D eigenvalue weighted by atomic mass is 10.1. The number of rotatable bonds is 6. The van der Waals surface area contributed by atoms with E-state index in [9.17, 15) is 14.7 Å². The normalized spacial score (nSPS) is 12.2. The lowest BCUT2D eigenvalue weighted by molar-refractivity contribution is -0.141. The molecule has 1 amide bonds. The zero-order chi connectivity index (χ0) is 17.9. The number of aryl methyl sites for hydroxylation is 1. The van der Waals surface area contributed by atoms with Gasteiger partial charge in [0.05, 0.1) is 0 Å². The van der Waals surface area contributed by atoms with Gasteiger partial charge in [0.2, 0.25) is 0 Å². The quantitative estimate of drug-likeness (QED) is 0.884. The Kier molecular flexibility index (Phi) is 5.39. The van der Waals surface area contributed by atoms with E-state index in [0.29, 0.717) is 0 Å². The number of aliphatic carboxylic acids is 1. The van der Waals surface area contributed by atoms with Crippen molar-refractivity contribution in [2.24, 2.45) is 7.05 Å². The molecule has 6 heteroatoms. The Labute approximate surface area is 141 Å². The first-order valence-electron chi connectivity index (χ1n) is 7.93. The van der Waals surface area contributed by atoms with Gasteiger partial charge in [0, 0.05) is 19.3 Å². The number of nitrogens with zero attached hydrogens (tertiary/aromatic N) is 3. The Morgan fingerprint density at radius 3 is 2.33 bits per heavy atom. The summed E-state index contributed by atoms with van der Waals surface area (Å²) in [5.41, 5.74) is 2.07.